The SMILES string of the molecule is CC(C)[C@@H]1C2CCC1c1c(N)cccc12.CC(C)[C@@H]1C2CCC1c1c(NC(=O)c3nccnc3C(F)(F)F)cccc12.COC(=O)c1nccnc1C(F)(F)F.[CH3][Al]([CH3])[CH3]. The van der Waals surface area contributed by atoms with E-state index in [2.05, 4.69) is 99.3 Å². The first-order valence-corrected chi connectivity index (χ1v) is 23.8. The highest BCUT2D eigenvalue weighted by Crippen LogP contribution is 2.62. The second-order valence-corrected chi connectivity index (χ2v) is 20.5. The van der Waals surface area contributed by atoms with Gasteiger partial charge in [-0.05, 0) is 107 Å². The van der Waals surface area contributed by atoms with E-state index in [0.29, 0.717) is 29.4 Å². The quantitative estimate of drug-likeness (QED) is 0.0877. The molecule has 0 radical (unpaired) electrons. The number of nitrogens with one attached hydrogen (secondary N) is 1. The van der Waals surface area contributed by atoms with E-state index in [-0.39, 0.29) is 14.1 Å². The predicted molar refractivity (Wildman–Crippen MR) is 220 cm³/mol. The van der Waals surface area contributed by atoms with Crippen LogP contribution in [0, 0.1) is 23.7 Å². The number of aromatic nitrogens is 4. The van der Waals surface area contributed by atoms with Crippen LogP contribution in [-0.2, 0) is 17.1 Å². The average Bonchev–Trinajstić information content (AvgIpc) is 3.97. The van der Waals surface area contributed by atoms with E-state index < -0.39 is 47.0 Å². The van der Waals surface area contributed by atoms with Gasteiger partial charge in [0.25, 0.3) is 20.1 Å². The molecule has 2 aromatic carbocycles. The van der Waals surface area contributed by atoms with E-state index in [9.17, 15) is 35.9 Å². The van der Waals surface area contributed by atoms with E-state index in [0.717, 1.165) is 79.7 Å². The molecule has 322 valence electrons. The second-order valence-electron chi connectivity index (χ2n) is 17.1. The summed E-state index contributed by atoms with van der Waals surface area (Å²) in [6, 6.07) is 12.2. The van der Waals surface area contributed by atoms with E-state index in [1.165, 1.54) is 24.0 Å². The molecule has 4 bridgehead atoms. The summed E-state index contributed by atoms with van der Waals surface area (Å²) in [4.78, 5) is 36.7. The van der Waals surface area contributed by atoms with E-state index in [4.69, 9.17) is 5.73 Å². The summed E-state index contributed by atoms with van der Waals surface area (Å²) in [5, 5.41) is 2.67. The first kappa shape index (κ1) is 46.5. The van der Waals surface area contributed by atoms with Crippen LogP contribution in [0.3, 0.4) is 0 Å². The van der Waals surface area contributed by atoms with Gasteiger partial charge >= 0.3 is 18.3 Å². The van der Waals surface area contributed by atoms with Crippen LogP contribution in [0.2, 0.25) is 17.4 Å². The largest absolute Gasteiger partial charge is 0.464 e. The van der Waals surface area contributed by atoms with E-state index >= 15 is 0 Å². The van der Waals surface area contributed by atoms with Crippen LogP contribution >= 0.6 is 0 Å². The summed E-state index contributed by atoms with van der Waals surface area (Å²) >= 11 is -0.139. The number of rotatable bonds is 5. The summed E-state index contributed by atoms with van der Waals surface area (Å²) in [7, 11) is 0.969. The molecule has 6 atom stereocenters. The minimum Gasteiger partial charge on any atom is -0.464 e. The highest BCUT2D eigenvalue weighted by molar-refractivity contribution is 6.54. The Bertz CT molecular complexity index is 2140. The van der Waals surface area contributed by atoms with Gasteiger partial charge in [0.15, 0.2) is 22.8 Å². The zero-order valence-corrected chi connectivity index (χ0v) is 36.3. The highest BCUT2D eigenvalue weighted by atomic mass is 27.2. The zero-order chi connectivity index (χ0) is 44.3. The van der Waals surface area contributed by atoms with Crippen molar-refractivity contribution in [1.29, 1.82) is 0 Å². The van der Waals surface area contributed by atoms with Gasteiger partial charge in [-0.1, -0.05) is 52.0 Å². The monoisotopic (exact) mass is 854 g/mol. The molecule has 60 heavy (non-hydrogen) atoms. The molecule has 4 aliphatic carbocycles. The Hall–Kier alpha value is -4.55. The number of methoxy groups -OCH3 is 1. The van der Waals surface area contributed by atoms with Crippen LogP contribution in [0.5, 0.6) is 0 Å². The number of anilines is 2. The number of fused-ring (bicyclic) bond motifs is 10. The lowest BCUT2D eigenvalue weighted by Crippen LogP contribution is -2.22. The number of ether oxygens (including phenoxy) is 1. The molecule has 2 heterocycles. The third kappa shape index (κ3) is 9.97. The molecule has 8 rings (SSSR count). The Balaban J connectivity index is 0.000000175. The molecule has 4 aliphatic rings. The normalized spacial score (nSPS) is 21.7. The fourth-order valence-electron chi connectivity index (χ4n) is 9.77. The maximum Gasteiger partial charge on any atom is 0.435 e. The lowest BCUT2D eigenvalue weighted by Gasteiger charge is -2.21. The number of nitrogens with zero attached hydrogens (tertiary/aromatic N) is 4. The fraction of sp³-hybridized carbons (Fsp3) is 0.500. The molecular weight excluding hydrogens is 801 g/mol. The second kappa shape index (κ2) is 19.0. The molecule has 2 saturated carbocycles. The van der Waals surface area contributed by atoms with Crippen LogP contribution in [0.4, 0.5) is 37.7 Å². The number of nitrogens with two attached hydrogens (primary N) is 1. The summed E-state index contributed by atoms with van der Waals surface area (Å²) in [5.41, 5.74) is 8.96. The molecule has 9 nitrogen and oxygen atoms in total. The zero-order valence-electron chi connectivity index (χ0n) is 35.2. The lowest BCUT2D eigenvalue weighted by atomic mass is 9.85. The van der Waals surface area contributed by atoms with Crippen molar-refractivity contribution in [3.8, 4) is 0 Å². The number of carbonyl (C=O) groups is 2. The Morgan fingerprint density at radius 3 is 1.57 bits per heavy atom. The minimum absolute atomic E-state index is 0.139. The van der Waals surface area contributed by atoms with Crippen molar-refractivity contribution in [3.05, 3.63) is 106 Å². The van der Waals surface area contributed by atoms with Gasteiger partial charge in [0.05, 0.1) is 7.11 Å². The van der Waals surface area contributed by atoms with Crippen molar-refractivity contribution in [3.63, 3.8) is 0 Å². The maximum atomic E-state index is 13.1. The van der Waals surface area contributed by atoms with Gasteiger partial charge in [0, 0.05) is 36.2 Å². The molecule has 0 aliphatic heterocycles. The molecule has 0 saturated heterocycles. The average molecular weight is 855 g/mol. The topological polar surface area (TPSA) is 133 Å². The third-order valence-electron chi connectivity index (χ3n) is 11.6. The number of carbonyl (C=O) groups excluding carboxylic acids is 2. The number of esters is 1. The molecule has 1 amide bonds. The van der Waals surface area contributed by atoms with Crippen molar-refractivity contribution in [2.24, 2.45) is 23.7 Å². The van der Waals surface area contributed by atoms with Crippen LogP contribution in [0.25, 0.3) is 0 Å². The number of benzene rings is 2. The van der Waals surface area contributed by atoms with Gasteiger partial charge in [-0.15, -0.1) is 17.4 Å². The Morgan fingerprint density at radius 2 is 1.10 bits per heavy atom. The number of hydrogen-bond acceptors (Lipinski definition) is 8. The molecule has 2 fully saturated rings. The Kier molecular flexibility index (Phi) is 14.7. The molecule has 16 heteroatoms. The third-order valence-corrected chi connectivity index (χ3v) is 11.6. The smallest absolute Gasteiger partial charge is 0.435 e. The molecule has 4 aromatic rings. The van der Waals surface area contributed by atoms with Gasteiger partial charge in [-0.2, -0.15) is 26.3 Å². The lowest BCUT2D eigenvalue weighted by molar-refractivity contribution is -0.142. The van der Waals surface area contributed by atoms with Crippen molar-refractivity contribution >= 4 is 37.4 Å². The summed E-state index contributed by atoms with van der Waals surface area (Å²) in [5.74, 6) is 9.89. The van der Waals surface area contributed by atoms with Gasteiger partial charge in [0.1, 0.15) is 0 Å². The summed E-state index contributed by atoms with van der Waals surface area (Å²) < 4.78 is 80.3. The summed E-state index contributed by atoms with van der Waals surface area (Å²) in [6.07, 6.45) is -0.663. The minimum atomic E-state index is -4.73. The molecule has 2 aromatic heterocycles. The Morgan fingerprint density at radius 1 is 0.683 bits per heavy atom. The predicted octanol–water partition coefficient (Wildman–Crippen LogP) is 11.2. The van der Waals surface area contributed by atoms with Crippen molar-refractivity contribution in [1.82, 2.24) is 19.9 Å². The number of hydrogen-bond donors (Lipinski definition) is 2. The van der Waals surface area contributed by atoms with Crippen LogP contribution in [0.1, 0.15) is 132 Å². The maximum absolute atomic E-state index is 13.1. The highest BCUT2D eigenvalue weighted by Gasteiger charge is 2.49. The number of halogens is 6. The van der Waals surface area contributed by atoms with Crippen molar-refractivity contribution in [2.45, 2.75) is 107 Å². The van der Waals surface area contributed by atoms with E-state index in [1.54, 1.807) is 11.6 Å². The van der Waals surface area contributed by atoms with Crippen molar-refractivity contribution < 1.29 is 40.7 Å². The first-order valence-electron chi connectivity index (χ1n) is 20.4. The standard InChI is InChI=1S/C20H20F3N3O.C14H19N.C7H5F3N2O2.3CH3.Al/c1-10(2)15-12-6-7-13(15)16-11(12)4-3-5-14(16)26-19(27)17-18(20(21,22)23)25-9-8-24-17;1-8(2)13-10-6-7-11(13)14-9(10)4-3-5-12(14)15;1-14-6(13)4-5(7(8,9)10)12-3-2-11-4;;;;/h3-5,8-10,12-13,15H,6-7H2,1-2H3,(H,26,27);3-5,8,10-11,13H,6-7,15H2,1-2H3;2-3H,1H3;3*1H3;/t12?,13?,15-;10?,11?,13-;;;;;/m11...../s1. The number of nitrogen functional groups attached to an aromatic ring is 1. The van der Waals surface area contributed by atoms with Gasteiger partial charge in [-0.25, -0.2) is 24.7 Å². The Labute approximate surface area is 351 Å². The van der Waals surface area contributed by atoms with Crippen LogP contribution in [0.15, 0.2) is 61.2 Å². The van der Waals surface area contributed by atoms with E-state index in [1.807, 2.05) is 6.07 Å². The van der Waals surface area contributed by atoms with Gasteiger partial charge in [0.2, 0.25) is 0 Å². The van der Waals surface area contributed by atoms with Crippen LogP contribution in [-0.4, -0.2) is 53.1 Å². The first-order chi connectivity index (χ1) is 28.2. The fourth-order valence-corrected chi connectivity index (χ4v) is 9.77. The molecule has 3 N–H and O–H groups in total. The molecular formula is C44H53AlF6N6O3. The molecule has 4 unspecified atom stereocenters. The van der Waals surface area contributed by atoms with Gasteiger partial charge in [-0.3, -0.25) is 4.79 Å². The number of amides is 1. The molecule has 0 spiro atoms. The van der Waals surface area contributed by atoms with Crippen LogP contribution < -0.4 is 11.1 Å². The van der Waals surface area contributed by atoms with Crippen molar-refractivity contribution in [2.75, 3.05) is 18.2 Å². The number of alkyl halides is 6. The summed E-state index contributed by atoms with van der Waals surface area (Å²) in [6.45, 7) is 9.13. The van der Waals surface area contributed by atoms with Gasteiger partial charge < -0.3 is 15.8 Å².